The summed E-state index contributed by atoms with van der Waals surface area (Å²) >= 11 is 3.40. The molecule has 0 unspecified atom stereocenters. The van der Waals surface area contributed by atoms with E-state index in [1.807, 2.05) is 26.0 Å². The number of ether oxygens (including phenoxy) is 2. The number of aryl methyl sites for hydroxylation is 1. The van der Waals surface area contributed by atoms with Gasteiger partial charge in [0.25, 0.3) is 11.8 Å². The van der Waals surface area contributed by atoms with Gasteiger partial charge in [0.05, 0.1) is 17.9 Å². The SMILES string of the molecule is CCOc1ccc(NC(=O)c2ccccc2NC(=O)COc2ccc(Br)cc2C)cc1. The van der Waals surface area contributed by atoms with Gasteiger partial charge in [-0.3, -0.25) is 9.59 Å². The average Bonchev–Trinajstić information content (AvgIpc) is 2.75. The van der Waals surface area contributed by atoms with Gasteiger partial charge in [-0.1, -0.05) is 28.1 Å². The Kier molecular flexibility index (Phi) is 7.67. The molecule has 0 aromatic heterocycles. The molecule has 2 amide bonds. The molecule has 6 nitrogen and oxygen atoms in total. The third-order valence-electron chi connectivity index (χ3n) is 4.36. The van der Waals surface area contributed by atoms with E-state index in [4.69, 9.17) is 9.47 Å². The Balaban J connectivity index is 1.63. The Morgan fingerprint density at radius 2 is 1.68 bits per heavy atom. The van der Waals surface area contributed by atoms with Gasteiger partial charge >= 0.3 is 0 Å². The molecule has 0 spiro atoms. The maximum Gasteiger partial charge on any atom is 0.262 e. The molecule has 3 aromatic rings. The summed E-state index contributed by atoms with van der Waals surface area (Å²) in [4.78, 5) is 25.2. The number of rotatable bonds is 8. The van der Waals surface area contributed by atoms with Crippen LogP contribution in [0.1, 0.15) is 22.8 Å². The lowest BCUT2D eigenvalue weighted by molar-refractivity contribution is -0.118. The van der Waals surface area contributed by atoms with E-state index < -0.39 is 0 Å². The highest BCUT2D eigenvalue weighted by atomic mass is 79.9. The second-order valence-corrected chi connectivity index (χ2v) is 7.62. The van der Waals surface area contributed by atoms with Crippen LogP contribution in [-0.4, -0.2) is 25.0 Å². The van der Waals surface area contributed by atoms with Crippen LogP contribution in [-0.2, 0) is 4.79 Å². The minimum atomic E-state index is -0.358. The predicted molar refractivity (Wildman–Crippen MR) is 125 cm³/mol. The smallest absolute Gasteiger partial charge is 0.262 e. The van der Waals surface area contributed by atoms with Gasteiger partial charge in [0.2, 0.25) is 0 Å². The summed E-state index contributed by atoms with van der Waals surface area (Å²) in [6, 6.07) is 19.5. The van der Waals surface area contributed by atoms with Gasteiger partial charge < -0.3 is 20.1 Å². The van der Waals surface area contributed by atoms with Crippen molar-refractivity contribution in [2.24, 2.45) is 0 Å². The van der Waals surface area contributed by atoms with E-state index in [1.165, 1.54) is 0 Å². The van der Waals surface area contributed by atoms with Crippen LogP contribution in [0, 0.1) is 6.92 Å². The van der Waals surface area contributed by atoms with Crippen LogP contribution in [0.25, 0.3) is 0 Å². The monoisotopic (exact) mass is 482 g/mol. The normalized spacial score (nSPS) is 10.3. The molecule has 0 aliphatic rings. The molecule has 0 heterocycles. The van der Waals surface area contributed by atoms with Crippen molar-refractivity contribution < 1.29 is 19.1 Å². The molecule has 3 rings (SSSR count). The first-order valence-corrected chi connectivity index (χ1v) is 10.6. The van der Waals surface area contributed by atoms with Gasteiger partial charge in [0, 0.05) is 10.2 Å². The van der Waals surface area contributed by atoms with Gasteiger partial charge in [-0.2, -0.15) is 0 Å². The fourth-order valence-corrected chi connectivity index (χ4v) is 3.37. The first-order valence-electron chi connectivity index (χ1n) is 9.78. The average molecular weight is 483 g/mol. The second-order valence-electron chi connectivity index (χ2n) is 6.70. The number of halogens is 1. The summed E-state index contributed by atoms with van der Waals surface area (Å²) in [5.74, 6) is 0.669. The highest BCUT2D eigenvalue weighted by molar-refractivity contribution is 9.10. The van der Waals surface area contributed by atoms with E-state index >= 15 is 0 Å². The standard InChI is InChI=1S/C24H23BrN2O4/c1-3-30-19-11-9-18(10-12-19)26-24(29)20-6-4-5-7-21(20)27-23(28)15-31-22-13-8-17(25)14-16(22)2/h4-14H,3,15H2,1-2H3,(H,26,29)(H,27,28). The summed E-state index contributed by atoms with van der Waals surface area (Å²) < 4.78 is 12.0. The number of hydrogen-bond donors (Lipinski definition) is 2. The quantitative estimate of drug-likeness (QED) is 0.448. The summed E-state index contributed by atoms with van der Waals surface area (Å²) in [6.45, 7) is 4.21. The molecule has 31 heavy (non-hydrogen) atoms. The molecule has 0 saturated carbocycles. The summed E-state index contributed by atoms with van der Waals surface area (Å²) in [7, 11) is 0. The lowest BCUT2D eigenvalue weighted by Crippen LogP contribution is -2.23. The third kappa shape index (κ3) is 6.33. The van der Waals surface area contributed by atoms with E-state index in [0.717, 1.165) is 15.8 Å². The highest BCUT2D eigenvalue weighted by Crippen LogP contribution is 2.23. The van der Waals surface area contributed by atoms with Crippen molar-refractivity contribution in [3.8, 4) is 11.5 Å². The minimum Gasteiger partial charge on any atom is -0.494 e. The lowest BCUT2D eigenvalue weighted by atomic mass is 10.1. The van der Waals surface area contributed by atoms with E-state index in [2.05, 4.69) is 26.6 Å². The number of carbonyl (C=O) groups excluding carboxylic acids is 2. The highest BCUT2D eigenvalue weighted by Gasteiger charge is 2.14. The van der Waals surface area contributed by atoms with Crippen LogP contribution in [0.15, 0.2) is 71.2 Å². The van der Waals surface area contributed by atoms with Gasteiger partial charge in [0.1, 0.15) is 11.5 Å². The second kappa shape index (κ2) is 10.6. The summed E-state index contributed by atoms with van der Waals surface area (Å²) in [5.41, 5.74) is 2.30. The molecule has 2 N–H and O–H groups in total. The Labute approximate surface area is 189 Å². The number of nitrogens with one attached hydrogen (secondary N) is 2. The molecule has 0 aliphatic carbocycles. The van der Waals surface area contributed by atoms with Crippen LogP contribution in [0.3, 0.4) is 0 Å². The number of anilines is 2. The Morgan fingerprint density at radius 3 is 2.39 bits per heavy atom. The fraction of sp³-hybridized carbons (Fsp3) is 0.167. The van der Waals surface area contributed by atoms with Gasteiger partial charge in [-0.25, -0.2) is 0 Å². The Bertz CT molecular complexity index is 1070. The molecule has 0 atom stereocenters. The predicted octanol–water partition coefficient (Wildman–Crippen LogP) is 5.43. The maximum atomic E-state index is 12.8. The zero-order valence-electron chi connectivity index (χ0n) is 17.3. The molecule has 0 bridgehead atoms. The molecule has 0 radical (unpaired) electrons. The van der Waals surface area contributed by atoms with E-state index in [1.54, 1.807) is 54.6 Å². The molecule has 3 aromatic carbocycles. The zero-order valence-corrected chi connectivity index (χ0v) is 18.9. The number of carbonyl (C=O) groups is 2. The van der Waals surface area contributed by atoms with E-state index in [0.29, 0.717) is 29.3 Å². The van der Waals surface area contributed by atoms with Crippen molar-refractivity contribution in [3.05, 3.63) is 82.3 Å². The van der Waals surface area contributed by atoms with Gasteiger partial charge in [0.15, 0.2) is 6.61 Å². The maximum absolute atomic E-state index is 12.8. The van der Waals surface area contributed by atoms with Crippen molar-refractivity contribution in [3.63, 3.8) is 0 Å². The molecule has 160 valence electrons. The van der Waals surface area contributed by atoms with Gasteiger partial charge in [-0.05, 0) is 74.0 Å². The Hall–Kier alpha value is -3.32. The van der Waals surface area contributed by atoms with Crippen LogP contribution in [0.4, 0.5) is 11.4 Å². The Morgan fingerprint density at radius 1 is 0.935 bits per heavy atom. The molecular formula is C24H23BrN2O4. The fourth-order valence-electron chi connectivity index (χ4n) is 2.89. The van der Waals surface area contributed by atoms with Crippen molar-refractivity contribution >= 4 is 39.1 Å². The number of benzene rings is 3. The third-order valence-corrected chi connectivity index (χ3v) is 4.86. The topological polar surface area (TPSA) is 76.7 Å². The largest absolute Gasteiger partial charge is 0.494 e. The van der Waals surface area contributed by atoms with Crippen molar-refractivity contribution in [2.75, 3.05) is 23.8 Å². The van der Waals surface area contributed by atoms with Crippen molar-refractivity contribution in [2.45, 2.75) is 13.8 Å². The molecule has 0 fully saturated rings. The lowest BCUT2D eigenvalue weighted by Gasteiger charge is -2.13. The van der Waals surface area contributed by atoms with E-state index in [9.17, 15) is 9.59 Å². The van der Waals surface area contributed by atoms with Crippen LogP contribution < -0.4 is 20.1 Å². The minimum absolute atomic E-state index is 0.169. The van der Waals surface area contributed by atoms with Crippen molar-refractivity contribution in [1.29, 1.82) is 0 Å². The van der Waals surface area contributed by atoms with Crippen LogP contribution in [0.5, 0.6) is 11.5 Å². The molecule has 0 aliphatic heterocycles. The zero-order chi connectivity index (χ0) is 22.2. The molecular weight excluding hydrogens is 460 g/mol. The van der Waals surface area contributed by atoms with E-state index in [-0.39, 0.29) is 18.4 Å². The number of amides is 2. The van der Waals surface area contributed by atoms with Crippen molar-refractivity contribution in [1.82, 2.24) is 0 Å². The van der Waals surface area contributed by atoms with Crippen LogP contribution >= 0.6 is 15.9 Å². The summed E-state index contributed by atoms with van der Waals surface area (Å²) in [6.07, 6.45) is 0. The first kappa shape index (κ1) is 22.4. The van der Waals surface area contributed by atoms with Crippen LogP contribution in [0.2, 0.25) is 0 Å². The molecule has 0 saturated heterocycles. The van der Waals surface area contributed by atoms with Gasteiger partial charge in [-0.15, -0.1) is 0 Å². The number of hydrogen-bond acceptors (Lipinski definition) is 4. The number of para-hydroxylation sites is 1. The molecule has 7 heteroatoms. The first-order chi connectivity index (χ1) is 15.0. The summed E-state index contributed by atoms with van der Waals surface area (Å²) in [5, 5.41) is 5.58.